The predicted molar refractivity (Wildman–Crippen MR) is 62.3 cm³/mol. The first-order chi connectivity index (χ1) is 7.34. The van der Waals surface area contributed by atoms with Crippen LogP contribution in [0.4, 0.5) is 0 Å². The zero-order chi connectivity index (χ0) is 10.3. The molecule has 0 N–H and O–H groups in total. The van der Waals surface area contributed by atoms with Crippen molar-refractivity contribution in [1.29, 1.82) is 0 Å². The third-order valence-corrected chi connectivity index (χ3v) is 3.29. The van der Waals surface area contributed by atoms with Crippen molar-refractivity contribution in [3.8, 4) is 10.6 Å². The standard InChI is InChI=1S/C11H6ClNOS/c12-7-3-4-9-8(6-7)11(14-13-9)10-2-1-5-15-10/h1-6H. The van der Waals surface area contributed by atoms with E-state index in [1.165, 1.54) is 0 Å². The number of halogens is 1. The van der Waals surface area contributed by atoms with Gasteiger partial charge in [-0.15, -0.1) is 11.3 Å². The lowest BCUT2D eigenvalue weighted by Crippen LogP contribution is -1.69. The number of benzene rings is 1. The van der Waals surface area contributed by atoms with E-state index >= 15 is 0 Å². The third-order valence-electron chi connectivity index (χ3n) is 2.18. The first-order valence-corrected chi connectivity index (χ1v) is 5.69. The van der Waals surface area contributed by atoms with Crippen molar-refractivity contribution in [2.45, 2.75) is 0 Å². The lowest BCUT2D eigenvalue weighted by molar-refractivity contribution is 0.442. The highest BCUT2D eigenvalue weighted by molar-refractivity contribution is 7.13. The van der Waals surface area contributed by atoms with Crippen LogP contribution < -0.4 is 0 Å². The zero-order valence-electron chi connectivity index (χ0n) is 7.61. The van der Waals surface area contributed by atoms with Gasteiger partial charge in [0, 0.05) is 5.02 Å². The average molecular weight is 236 g/mol. The Labute approximate surface area is 95.1 Å². The first-order valence-electron chi connectivity index (χ1n) is 4.43. The van der Waals surface area contributed by atoms with Crippen molar-refractivity contribution < 1.29 is 4.52 Å². The van der Waals surface area contributed by atoms with Crippen LogP contribution in [0.25, 0.3) is 21.5 Å². The SMILES string of the molecule is Clc1ccc2noc(-c3cccs3)c2c1. The van der Waals surface area contributed by atoms with E-state index in [1.807, 2.05) is 35.7 Å². The third kappa shape index (κ3) is 1.44. The highest BCUT2D eigenvalue weighted by atomic mass is 35.5. The molecule has 0 unspecified atom stereocenters. The van der Waals surface area contributed by atoms with Crippen molar-refractivity contribution in [1.82, 2.24) is 5.16 Å². The summed E-state index contributed by atoms with van der Waals surface area (Å²) in [5.74, 6) is 0.794. The number of hydrogen-bond acceptors (Lipinski definition) is 3. The average Bonchev–Trinajstić information content (AvgIpc) is 2.83. The molecule has 4 heteroatoms. The van der Waals surface area contributed by atoms with Crippen LogP contribution in [0.15, 0.2) is 40.2 Å². The molecule has 3 rings (SSSR count). The molecule has 0 spiro atoms. The Bertz CT molecular complexity index is 600. The molecule has 0 aliphatic carbocycles. The molecule has 0 aliphatic heterocycles. The van der Waals surface area contributed by atoms with E-state index in [0.29, 0.717) is 5.02 Å². The Hall–Kier alpha value is -1.32. The summed E-state index contributed by atoms with van der Waals surface area (Å²) in [5, 5.41) is 7.66. The van der Waals surface area contributed by atoms with E-state index in [9.17, 15) is 0 Å². The molecule has 0 radical (unpaired) electrons. The van der Waals surface area contributed by atoms with E-state index < -0.39 is 0 Å². The summed E-state index contributed by atoms with van der Waals surface area (Å²) >= 11 is 7.57. The molecule has 0 amide bonds. The van der Waals surface area contributed by atoms with Gasteiger partial charge < -0.3 is 4.52 Å². The van der Waals surface area contributed by atoms with Gasteiger partial charge in [0.05, 0.1) is 10.3 Å². The number of rotatable bonds is 1. The van der Waals surface area contributed by atoms with Crippen LogP contribution in [-0.4, -0.2) is 5.16 Å². The van der Waals surface area contributed by atoms with Gasteiger partial charge >= 0.3 is 0 Å². The Balaban J connectivity index is 2.32. The lowest BCUT2D eigenvalue weighted by atomic mass is 10.2. The summed E-state index contributed by atoms with van der Waals surface area (Å²) in [6, 6.07) is 9.54. The summed E-state index contributed by atoms with van der Waals surface area (Å²) in [6.07, 6.45) is 0. The van der Waals surface area contributed by atoms with Crippen LogP contribution in [0, 0.1) is 0 Å². The van der Waals surface area contributed by atoms with Gasteiger partial charge in [-0.2, -0.15) is 0 Å². The Morgan fingerprint density at radius 1 is 1.27 bits per heavy atom. The fourth-order valence-electron chi connectivity index (χ4n) is 1.50. The van der Waals surface area contributed by atoms with Gasteiger partial charge in [0.25, 0.3) is 0 Å². The molecule has 1 aromatic carbocycles. The van der Waals surface area contributed by atoms with E-state index in [2.05, 4.69) is 5.16 Å². The molecule has 0 fully saturated rings. The van der Waals surface area contributed by atoms with Crippen LogP contribution in [-0.2, 0) is 0 Å². The summed E-state index contributed by atoms with van der Waals surface area (Å²) in [5.41, 5.74) is 0.836. The summed E-state index contributed by atoms with van der Waals surface area (Å²) in [4.78, 5) is 1.07. The molecule has 0 bridgehead atoms. The van der Waals surface area contributed by atoms with Crippen molar-refractivity contribution >= 4 is 33.8 Å². The van der Waals surface area contributed by atoms with Gasteiger partial charge in [0.2, 0.25) is 0 Å². The van der Waals surface area contributed by atoms with Gasteiger partial charge in [-0.3, -0.25) is 0 Å². The molecule has 2 nitrogen and oxygen atoms in total. The van der Waals surface area contributed by atoms with Gasteiger partial charge in [-0.05, 0) is 29.6 Å². The molecule has 74 valence electrons. The summed E-state index contributed by atoms with van der Waals surface area (Å²) < 4.78 is 5.32. The number of aromatic nitrogens is 1. The number of thiophene rings is 1. The van der Waals surface area contributed by atoms with Crippen LogP contribution in [0.2, 0.25) is 5.02 Å². The van der Waals surface area contributed by atoms with E-state index in [1.54, 1.807) is 11.3 Å². The Kier molecular flexibility index (Phi) is 2.01. The molecule has 2 heterocycles. The van der Waals surface area contributed by atoms with Crippen molar-refractivity contribution in [2.75, 3.05) is 0 Å². The topological polar surface area (TPSA) is 26.0 Å². The van der Waals surface area contributed by atoms with E-state index in [4.69, 9.17) is 16.1 Å². The summed E-state index contributed by atoms with van der Waals surface area (Å²) in [6.45, 7) is 0. The highest BCUT2D eigenvalue weighted by Crippen LogP contribution is 2.32. The molecule has 2 aromatic heterocycles. The second-order valence-corrected chi connectivity index (χ2v) is 4.53. The van der Waals surface area contributed by atoms with Gasteiger partial charge in [-0.1, -0.05) is 22.8 Å². The van der Waals surface area contributed by atoms with Crippen LogP contribution in [0.3, 0.4) is 0 Å². The molecule has 0 saturated carbocycles. The summed E-state index contributed by atoms with van der Waals surface area (Å²) in [7, 11) is 0. The fourth-order valence-corrected chi connectivity index (χ4v) is 2.39. The van der Waals surface area contributed by atoms with Crippen LogP contribution in [0.5, 0.6) is 0 Å². The van der Waals surface area contributed by atoms with Gasteiger partial charge in [0.1, 0.15) is 5.52 Å². The minimum Gasteiger partial charge on any atom is -0.354 e. The second kappa shape index (κ2) is 3.36. The highest BCUT2D eigenvalue weighted by Gasteiger charge is 2.11. The molecule has 0 atom stereocenters. The molecular formula is C11H6ClNOS. The quantitative estimate of drug-likeness (QED) is 0.632. The number of hydrogen-bond donors (Lipinski definition) is 0. The minimum atomic E-state index is 0.698. The zero-order valence-corrected chi connectivity index (χ0v) is 9.18. The monoisotopic (exact) mass is 235 g/mol. The smallest absolute Gasteiger partial charge is 0.184 e. The van der Waals surface area contributed by atoms with Gasteiger partial charge in [-0.25, -0.2) is 0 Å². The molecule has 15 heavy (non-hydrogen) atoms. The minimum absolute atomic E-state index is 0.698. The molecule has 3 aromatic rings. The molecule has 0 saturated heterocycles. The van der Waals surface area contributed by atoms with Crippen LogP contribution >= 0.6 is 22.9 Å². The first kappa shape index (κ1) is 8.95. The van der Waals surface area contributed by atoms with Crippen molar-refractivity contribution in [3.63, 3.8) is 0 Å². The maximum Gasteiger partial charge on any atom is 0.184 e. The van der Waals surface area contributed by atoms with Gasteiger partial charge in [0.15, 0.2) is 5.76 Å². The number of nitrogens with zero attached hydrogens (tertiary/aromatic N) is 1. The van der Waals surface area contributed by atoms with E-state index in [0.717, 1.165) is 21.5 Å². The van der Waals surface area contributed by atoms with Crippen LogP contribution in [0.1, 0.15) is 0 Å². The largest absolute Gasteiger partial charge is 0.354 e. The normalized spacial score (nSPS) is 11.0. The van der Waals surface area contributed by atoms with Crippen molar-refractivity contribution in [3.05, 3.63) is 40.7 Å². The maximum atomic E-state index is 5.94. The molecular weight excluding hydrogens is 230 g/mol. The predicted octanol–water partition coefficient (Wildman–Crippen LogP) is 4.21. The van der Waals surface area contributed by atoms with E-state index in [-0.39, 0.29) is 0 Å². The second-order valence-electron chi connectivity index (χ2n) is 3.15. The number of fused-ring (bicyclic) bond motifs is 1. The lowest BCUT2D eigenvalue weighted by Gasteiger charge is -1.91. The maximum absolute atomic E-state index is 5.94. The Morgan fingerprint density at radius 2 is 2.20 bits per heavy atom. The van der Waals surface area contributed by atoms with Crippen molar-refractivity contribution in [2.24, 2.45) is 0 Å². The fraction of sp³-hybridized carbons (Fsp3) is 0. The molecule has 0 aliphatic rings. The Morgan fingerprint density at radius 3 is 3.00 bits per heavy atom.